The van der Waals surface area contributed by atoms with E-state index in [0.717, 1.165) is 0 Å². The third kappa shape index (κ3) is 2.00. The molecule has 0 aromatic heterocycles. The van der Waals surface area contributed by atoms with Crippen LogP contribution in [0.3, 0.4) is 0 Å². The van der Waals surface area contributed by atoms with Crippen LogP contribution in [-0.4, -0.2) is 0 Å². The molecule has 0 atom stereocenters. The molecular formula is C13H17. The molecule has 0 N–H and O–H groups in total. The summed E-state index contributed by atoms with van der Waals surface area (Å²) in [6, 6.07) is 4.47. The van der Waals surface area contributed by atoms with Gasteiger partial charge in [0, 0.05) is 5.92 Å². The Bertz CT molecular complexity index is 321. The first-order chi connectivity index (χ1) is 6.06. The smallest absolute Gasteiger partial charge is 0.0233 e. The average molecular weight is 173 g/mol. The van der Waals surface area contributed by atoms with Gasteiger partial charge in [0.15, 0.2) is 0 Å². The quantitative estimate of drug-likeness (QED) is 0.639. The van der Waals surface area contributed by atoms with Gasteiger partial charge in [-0.3, -0.25) is 0 Å². The SMILES string of the molecule is C=C[C](C)c1cc(C)c(C)cc1C. The standard InChI is InChI=1S/C13H17/c1-6-9(2)13-8-11(4)10(3)7-12(13)5/h6-8H,1H2,2-5H3. The Morgan fingerprint density at radius 1 is 1.08 bits per heavy atom. The third-order valence-electron chi connectivity index (χ3n) is 2.57. The molecule has 0 aliphatic carbocycles. The fourth-order valence-corrected chi connectivity index (χ4v) is 1.50. The minimum absolute atomic E-state index is 1.25. The molecule has 0 aliphatic heterocycles. The van der Waals surface area contributed by atoms with Crippen molar-refractivity contribution >= 4 is 0 Å². The van der Waals surface area contributed by atoms with Gasteiger partial charge in [-0.05, 0) is 43.0 Å². The van der Waals surface area contributed by atoms with Gasteiger partial charge in [-0.15, -0.1) is 6.58 Å². The van der Waals surface area contributed by atoms with Crippen LogP contribution in [0.2, 0.25) is 0 Å². The number of rotatable bonds is 2. The highest BCUT2D eigenvalue weighted by molar-refractivity contribution is 5.45. The van der Waals surface area contributed by atoms with E-state index in [4.69, 9.17) is 0 Å². The number of benzene rings is 1. The van der Waals surface area contributed by atoms with Gasteiger partial charge in [0.2, 0.25) is 0 Å². The van der Waals surface area contributed by atoms with Gasteiger partial charge < -0.3 is 0 Å². The van der Waals surface area contributed by atoms with Crippen LogP contribution >= 0.6 is 0 Å². The molecule has 0 amide bonds. The molecule has 0 unspecified atom stereocenters. The van der Waals surface area contributed by atoms with Gasteiger partial charge in [0.25, 0.3) is 0 Å². The molecule has 69 valence electrons. The Labute approximate surface area is 81.3 Å². The summed E-state index contributed by atoms with van der Waals surface area (Å²) in [7, 11) is 0. The minimum Gasteiger partial charge on any atom is -0.102 e. The van der Waals surface area contributed by atoms with Gasteiger partial charge in [-0.25, -0.2) is 0 Å². The van der Waals surface area contributed by atoms with Crippen molar-refractivity contribution in [1.82, 2.24) is 0 Å². The largest absolute Gasteiger partial charge is 0.102 e. The summed E-state index contributed by atoms with van der Waals surface area (Å²) in [5.74, 6) is 1.25. The van der Waals surface area contributed by atoms with Crippen LogP contribution in [0.1, 0.15) is 29.2 Å². The van der Waals surface area contributed by atoms with Crippen LogP contribution in [0.5, 0.6) is 0 Å². The number of hydrogen-bond donors (Lipinski definition) is 0. The number of aryl methyl sites for hydroxylation is 3. The lowest BCUT2D eigenvalue weighted by Gasteiger charge is -2.12. The van der Waals surface area contributed by atoms with E-state index in [1.165, 1.54) is 28.2 Å². The van der Waals surface area contributed by atoms with E-state index in [1.54, 1.807) is 0 Å². The van der Waals surface area contributed by atoms with Crippen LogP contribution in [0.25, 0.3) is 0 Å². The molecule has 0 aliphatic rings. The second-order valence-electron chi connectivity index (χ2n) is 3.64. The molecule has 0 bridgehead atoms. The predicted octanol–water partition coefficient (Wildman–Crippen LogP) is 3.74. The van der Waals surface area contributed by atoms with E-state index in [9.17, 15) is 0 Å². The van der Waals surface area contributed by atoms with Gasteiger partial charge >= 0.3 is 0 Å². The Hall–Kier alpha value is -1.04. The molecule has 13 heavy (non-hydrogen) atoms. The zero-order chi connectivity index (χ0) is 10.0. The van der Waals surface area contributed by atoms with E-state index < -0.39 is 0 Å². The summed E-state index contributed by atoms with van der Waals surface area (Å²) in [5.41, 5.74) is 5.36. The minimum atomic E-state index is 1.25. The maximum atomic E-state index is 3.79. The average Bonchev–Trinajstić information content (AvgIpc) is 2.10. The van der Waals surface area contributed by atoms with Gasteiger partial charge in [0.05, 0.1) is 0 Å². The summed E-state index contributed by atoms with van der Waals surface area (Å²) in [4.78, 5) is 0. The summed E-state index contributed by atoms with van der Waals surface area (Å²) in [6.07, 6.45) is 1.91. The van der Waals surface area contributed by atoms with E-state index in [0.29, 0.717) is 0 Å². The van der Waals surface area contributed by atoms with Crippen LogP contribution in [0.4, 0.5) is 0 Å². The fourth-order valence-electron chi connectivity index (χ4n) is 1.50. The molecule has 0 saturated heterocycles. The van der Waals surface area contributed by atoms with Crippen LogP contribution in [-0.2, 0) is 0 Å². The van der Waals surface area contributed by atoms with Crippen molar-refractivity contribution in [2.45, 2.75) is 27.7 Å². The van der Waals surface area contributed by atoms with Crippen molar-refractivity contribution in [1.29, 1.82) is 0 Å². The first-order valence-electron chi connectivity index (χ1n) is 4.60. The topological polar surface area (TPSA) is 0 Å². The second kappa shape index (κ2) is 3.78. The summed E-state index contributed by atoms with van der Waals surface area (Å²) in [5, 5.41) is 0. The summed E-state index contributed by atoms with van der Waals surface area (Å²) >= 11 is 0. The Kier molecular flexibility index (Phi) is 2.92. The third-order valence-corrected chi connectivity index (χ3v) is 2.57. The van der Waals surface area contributed by atoms with Crippen LogP contribution in [0, 0.1) is 26.7 Å². The lowest BCUT2D eigenvalue weighted by molar-refractivity contribution is 1.17. The van der Waals surface area contributed by atoms with Gasteiger partial charge in [-0.1, -0.05) is 25.1 Å². The van der Waals surface area contributed by atoms with Gasteiger partial charge in [0.1, 0.15) is 0 Å². The molecule has 0 spiro atoms. The Balaban J connectivity index is 3.22. The normalized spacial score (nSPS) is 10.5. The molecule has 0 heteroatoms. The van der Waals surface area contributed by atoms with Crippen molar-refractivity contribution in [3.8, 4) is 0 Å². The van der Waals surface area contributed by atoms with Crippen molar-refractivity contribution in [2.75, 3.05) is 0 Å². The van der Waals surface area contributed by atoms with E-state index in [2.05, 4.69) is 46.4 Å². The van der Waals surface area contributed by atoms with Crippen molar-refractivity contribution < 1.29 is 0 Å². The van der Waals surface area contributed by atoms with Gasteiger partial charge in [-0.2, -0.15) is 0 Å². The highest BCUT2D eigenvalue weighted by Crippen LogP contribution is 2.22. The maximum absolute atomic E-state index is 3.79. The first-order valence-corrected chi connectivity index (χ1v) is 4.60. The monoisotopic (exact) mass is 173 g/mol. The lowest BCUT2D eigenvalue weighted by Crippen LogP contribution is -1.96. The zero-order valence-corrected chi connectivity index (χ0v) is 8.94. The van der Waals surface area contributed by atoms with E-state index in [-0.39, 0.29) is 0 Å². The molecule has 0 heterocycles. The molecule has 1 rings (SSSR count). The molecular weight excluding hydrogens is 156 g/mol. The Morgan fingerprint density at radius 2 is 1.62 bits per heavy atom. The second-order valence-corrected chi connectivity index (χ2v) is 3.64. The number of hydrogen-bond acceptors (Lipinski definition) is 0. The van der Waals surface area contributed by atoms with Crippen molar-refractivity contribution in [3.05, 3.63) is 53.0 Å². The predicted molar refractivity (Wildman–Crippen MR) is 58.9 cm³/mol. The summed E-state index contributed by atoms with van der Waals surface area (Å²) in [6.45, 7) is 12.3. The van der Waals surface area contributed by atoms with Crippen molar-refractivity contribution in [3.63, 3.8) is 0 Å². The van der Waals surface area contributed by atoms with Crippen LogP contribution < -0.4 is 0 Å². The molecule has 1 aromatic rings. The zero-order valence-electron chi connectivity index (χ0n) is 8.94. The van der Waals surface area contributed by atoms with E-state index >= 15 is 0 Å². The molecule has 0 fully saturated rings. The van der Waals surface area contributed by atoms with E-state index in [1.807, 2.05) is 6.08 Å². The molecule has 1 aromatic carbocycles. The lowest BCUT2D eigenvalue weighted by atomic mass is 9.92. The Morgan fingerprint density at radius 3 is 2.15 bits per heavy atom. The first kappa shape index (κ1) is 10.0. The van der Waals surface area contributed by atoms with Crippen molar-refractivity contribution in [2.24, 2.45) is 0 Å². The highest BCUT2D eigenvalue weighted by Gasteiger charge is 2.06. The molecule has 1 radical (unpaired) electrons. The molecule has 0 saturated carbocycles. The summed E-state index contributed by atoms with van der Waals surface area (Å²) < 4.78 is 0. The fraction of sp³-hybridized carbons (Fsp3) is 0.308. The maximum Gasteiger partial charge on any atom is 0.0233 e. The molecule has 0 nitrogen and oxygen atoms in total. The highest BCUT2D eigenvalue weighted by atomic mass is 14.1. The van der Waals surface area contributed by atoms with Crippen LogP contribution in [0.15, 0.2) is 24.8 Å². The number of allylic oxidation sites excluding steroid dienone is 1.